The Morgan fingerprint density at radius 3 is 1.12 bits per heavy atom. The van der Waals surface area contributed by atoms with Crippen molar-refractivity contribution in [1.29, 1.82) is 0 Å². The number of nitrogens with one attached hydrogen (secondary N) is 6. The first-order chi connectivity index (χ1) is 19.4. The van der Waals surface area contributed by atoms with Gasteiger partial charge in [-0.05, 0) is 117 Å². The van der Waals surface area contributed by atoms with E-state index >= 15 is 0 Å². The predicted octanol–water partition coefficient (Wildman–Crippen LogP) is -2.00. The van der Waals surface area contributed by atoms with Crippen molar-refractivity contribution in [3.05, 3.63) is 0 Å². The maximum absolute atomic E-state index is 12.9. The van der Waals surface area contributed by atoms with Gasteiger partial charge in [0.25, 0.3) is 5.91 Å². The Morgan fingerprint density at radius 2 is 0.775 bits per heavy atom. The van der Waals surface area contributed by atoms with Crippen LogP contribution in [0.5, 0.6) is 0 Å². The zero-order chi connectivity index (χ0) is 29.7. The van der Waals surface area contributed by atoms with Crippen LogP contribution in [-0.2, 0) is 14.4 Å². The second kappa shape index (κ2) is 27.3. The summed E-state index contributed by atoms with van der Waals surface area (Å²) in [7, 11) is 0. The summed E-state index contributed by atoms with van der Waals surface area (Å²) in [6.45, 7) is 8.18. The number of nitrogens with two attached hydrogens (primary N) is 3. The number of rotatable bonds is 29. The summed E-state index contributed by atoms with van der Waals surface area (Å²) in [6.07, 6.45) is 6.60. The molecule has 0 aliphatic heterocycles. The molecule has 0 fully saturated rings. The highest BCUT2D eigenvalue weighted by atomic mass is 16.3. The summed E-state index contributed by atoms with van der Waals surface area (Å²) in [6, 6.07) is 0. The van der Waals surface area contributed by atoms with Gasteiger partial charge >= 0.3 is 0 Å². The van der Waals surface area contributed by atoms with E-state index in [9.17, 15) is 19.5 Å². The van der Waals surface area contributed by atoms with Gasteiger partial charge in [0, 0.05) is 19.6 Å². The molecule has 0 radical (unpaired) electrons. The molecule has 40 heavy (non-hydrogen) atoms. The molecule has 0 aromatic heterocycles. The standard InChI is InChI=1S/C27H59N9O4/c28-10-7-16-31-13-1-4-19-34-24(37)22-27(40,26(39)36-21-6-3-15-33-18-9-12-30)23-25(38)35-20-5-2-14-32-17-8-11-29/h31-33,40H,1-23,28-30H2,(H,34,37)(H,35,38)(H,36,39). The van der Waals surface area contributed by atoms with Crippen LogP contribution < -0.4 is 49.1 Å². The van der Waals surface area contributed by atoms with Gasteiger partial charge in [-0.15, -0.1) is 0 Å². The number of aliphatic hydroxyl groups is 1. The molecule has 13 N–H and O–H groups in total. The van der Waals surface area contributed by atoms with Gasteiger partial charge in [-0.25, -0.2) is 0 Å². The first kappa shape index (κ1) is 38.1. The van der Waals surface area contributed by atoms with Crippen LogP contribution in [0.3, 0.4) is 0 Å². The van der Waals surface area contributed by atoms with Crippen LogP contribution in [0.4, 0.5) is 0 Å². The molecule has 0 spiro atoms. The van der Waals surface area contributed by atoms with Gasteiger partial charge in [0.15, 0.2) is 5.60 Å². The summed E-state index contributed by atoms with van der Waals surface area (Å²) < 4.78 is 0. The van der Waals surface area contributed by atoms with Crippen molar-refractivity contribution in [1.82, 2.24) is 31.9 Å². The number of hydrogen-bond acceptors (Lipinski definition) is 10. The molecule has 13 heteroatoms. The number of carbonyl (C=O) groups is 3. The molecule has 236 valence electrons. The third-order valence-corrected chi connectivity index (χ3v) is 6.27. The van der Waals surface area contributed by atoms with Gasteiger partial charge in [0.1, 0.15) is 0 Å². The van der Waals surface area contributed by atoms with Crippen molar-refractivity contribution in [2.24, 2.45) is 17.2 Å². The summed E-state index contributed by atoms with van der Waals surface area (Å²) in [5.74, 6) is -1.63. The summed E-state index contributed by atoms with van der Waals surface area (Å²) >= 11 is 0. The molecule has 0 heterocycles. The van der Waals surface area contributed by atoms with Crippen molar-refractivity contribution in [3.63, 3.8) is 0 Å². The Hall–Kier alpha value is -1.87. The third kappa shape index (κ3) is 22.9. The van der Waals surface area contributed by atoms with Gasteiger partial charge in [-0.1, -0.05) is 0 Å². The molecule has 3 amide bonds. The van der Waals surface area contributed by atoms with Gasteiger partial charge < -0.3 is 54.2 Å². The van der Waals surface area contributed by atoms with E-state index in [1.165, 1.54) is 0 Å². The van der Waals surface area contributed by atoms with Gasteiger partial charge in [-0.2, -0.15) is 0 Å². The molecular formula is C27H59N9O4. The Bertz CT molecular complexity index is 607. The zero-order valence-corrected chi connectivity index (χ0v) is 24.7. The van der Waals surface area contributed by atoms with Crippen molar-refractivity contribution in [2.75, 3.05) is 78.5 Å². The average molecular weight is 574 g/mol. The second-order valence-corrected chi connectivity index (χ2v) is 10.1. The lowest BCUT2D eigenvalue weighted by atomic mass is 9.93. The molecule has 0 aromatic carbocycles. The lowest BCUT2D eigenvalue weighted by Crippen LogP contribution is -2.52. The van der Waals surface area contributed by atoms with E-state index in [1.54, 1.807) is 0 Å². The fourth-order valence-electron chi connectivity index (χ4n) is 3.88. The lowest BCUT2D eigenvalue weighted by Gasteiger charge is -2.26. The van der Waals surface area contributed by atoms with Crippen LogP contribution >= 0.6 is 0 Å². The zero-order valence-electron chi connectivity index (χ0n) is 24.7. The maximum Gasteiger partial charge on any atom is 0.253 e. The molecular weight excluding hydrogens is 514 g/mol. The Kier molecular flexibility index (Phi) is 26.0. The molecule has 0 saturated carbocycles. The van der Waals surface area contributed by atoms with Crippen LogP contribution in [0.25, 0.3) is 0 Å². The van der Waals surface area contributed by atoms with Gasteiger partial charge in [-0.3, -0.25) is 14.4 Å². The molecule has 0 aromatic rings. The SMILES string of the molecule is NCCCNCCCCNC(=O)CC(O)(CC(=O)NCCCCNCCCN)C(=O)NCCCCNCCCN. The Morgan fingerprint density at radius 1 is 0.475 bits per heavy atom. The molecule has 0 unspecified atom stereocenters. The number of unbranched alkanes of at least 4 members (excludes halogenated alkanes) is 3. The van der Waals surface area contributed by atoms with Crippen molar-refractivity contribution in [2.45, 2.75) is 76.2 Å². The largest absolute Gasteiger partial charge is 0.379 e. The summed E-state index contributed by atoms with van der Waals surface area (Å²) in [4.78, 5) is 38.1. The highest BCUT2D eigenvalue weighted by molar-refractivity contribution is 5.95. The first-order valence-electron chi connectivity index (χ1n) is 15.2. The molecule has 0 atom stereocenters. The van der Waals surface area contributed by atoms with E-state index in [2.05, 4.69) is 31.9 Å². The van der Waals surface area contributed by atoms with Crippen LogP contribution in [0.1, 0.15) is 70.6 Å². The number of amides is 3. The lowest BCUT2D eigenvalue weighted by molar-refractivity contribution is -0.149. The predicted molar refractivity (Wildman–Crippen MR) is 161 cm³/mol. The van der Waals surface area contributed by atoms with E-state index in [-0.39, 0.29) is 0 Å². The fourth-order valence-corrected chi connectivity index (χ4v) is 3.88. The Labute approximate surface area is 241 Å². The number of hydrogen-bond donors (Lipinski definition) is 10. The Balaban J connectivity index is 4.61. The normalized spacial score (nSPS) is 11.4. The maximum atomic E-state index is 12.9. The van der Waals surface area contributed by atoms with Crippen molar-refractivity contribution >= 4 is 17.7 Å². The van der Waals surface area contributed by atoms with Crippen LogP contribution in [0, 0.1) is 0 Å². The van der Waals surface area contributed by atoms with Crippen LogP contribution in [-0.4, -0.2) is 107 Å². The molecule has 0 rings (SSSR count). The smallest absolute Gasteiger partial charge is 0.253 e. The third-order valence-electron chi connectivity index (χ3n) is 6.27. The van der Waals surface area contributed by atoms with Gasteiger partial charge in [0.2, 0.25) is 11.8 Å². The molecule has 0 saturated heterocycles. The highest BCUT2D eigenvalue weighted by Gasteiger charge is 2.40. The van der Waals surface area contributed by atoms with E-state index < -0.39 is 36.2 Å². The highest BCUT2D eigenvalue weighted by Crippen LogP contribution is 2.16. The van der Waals surface area contributed by atoms with E-state index in [1.807, 2.05) is 0 Å². The average Bonchev–Trinajstić information content (AvgIpc) is 2.92. The molecule has 0 bridgehead atoms. The minimum atomic E-state index is -2.12. The minimum Gasteiger partial charge on any atom is -0.379 e. The molecule has 13 nitrogen and oxygen atoms in total. The van der Waals surface area contributed by atoms with E-state index in [0.29, 0.717) is 45.7 Å². The molecule has 0 aliphatic rings. The van der Waals surface area contributed by atoms with E-state index in [0.717, 1.165) is 90.6 Å². The van der Waals surface area contributed by atoms with Crippen molar-refractivity contribution < 1.29 is 19.5 Å². The number of carbonyl (C=O) groups excluding carboxylic acids is 3. The van der Waals surface area contributed by atoms with Crippen molar-refractivity contribution in [3.8, 4) is 0 Å². The first-order valence-corrected chi connectivity index (χ1v) is 15.2. The van der Waals surface area contributed by atoms with Gasteiger partial charge in [0.05, 0.1) is 12.8 Å². The topological polar surface area (TPSA) is 222 Å². The molecule has 0 aliphatic carbocycles. The second-order valence-electron chi connectivity index (χ2n) is 10.1. The minimum absolute atomic E-state index is 0.345. The fraction of sp³-hybridized carbons (Fsp3) is 0.889. The monoisotopic (exact) mass is 573 g/mol. The van der Waals surface area contributed by atoms with E-state index in [4.69, 9.17) is 17.2 Å². The van der Waals surface area contributed by atoms with Crippen LogP contribution in [0.2, 0.25) is 0 Å². The summed E-state index contributed by atoms with van der Waals surface area (Å²) in [5.41, 5.74) is 14.3. The summed E-state index contributed by atoms with van der Waals surface area (Å²) in [5, 5.41) is 29.2. The quantitative estimate of drug-likeness (QED) is 0.0443. The van der Waals surface area contributed by atoms with Crippen LogP contribution in [0.15, 0.2) is 0 Å².